The standard InChI is InChI=1S/C11H20N2O2/c1-9(8-11(12)14)13-5-2-10-3-6-15-7-4-10/h3,9,13H,2,4-8H2,1H3,(H2,12,14). The summed E-state index contributed by atoms with van der Waals surface area (Å²) in [4.78, 5) is 10.6. The highest BCUT2D eigenvalue weighted by atomic mass is 16.5. The Morgan fingerprint density at radius 3 is 3.13 bits per heavy atom. The van der Waals surface area contributed by atoms with E-state index in [2.05, 4.69) is 11.4 Å². The first kappa shape index (κ1) is 12.2. The summed E-state index contributed by atoms with van der Waals surface area (Å²) in [6.45, 7) is 4.46. The van der Waals surface area contributed by atoms with Gasteiger partial charge in [-0.25, -0.2) is 0 Å². The Morgan fingerprint density at radius 2 is 2.53 bits per heavy atom. The first-order chi connectivity index (χ1) is 7.18. The summed E-state index contributed by atoms with van der Waals surface area (Å²) in [6.07, 6.45) is 4.62. The molecular formula is C11H20N2O2. The van der Waals surface area contributed by atoms with Crippen LogP contribution in [-0.2, 0) is 9.53 Å². The summed E-state index contributed by atoms with van der Waals surface area (Å²) in [5.41, 5.74) is 6.55. The minimum absolute atomic E-state index is 0.169. The quantitative estimate of drug-likeness (QED) is 0.633. The lowest BCUT2D eigenvalue weighted by atomic mass is 10.1. The molecule has 4 heteroatoms. The Morgan fingerprint density at radius 1 is 1.73 bits per heavy atom. The molecule has 4 nitrogen and oxygen atoms in total. The number of hydrogen-bond donors (Lipinski definition) is 2. The van der Waals surface area contributed by atoms with Gasteiger partial charge in [0.15, 0.2) is 0 Å². The molecule has 1 atom stereocenters. The zero-order valence-electron chi connectivity index (χ0n) is 9.29. The van der Waals surface area contributed by atoms with Gasteiger partial charge >= 0.3 is 0 Å². The molecule has 0 bridgehead atoms. The van der Waals surface area contributed by atoms with Crippen molar-refractivity contribution in [3.8, 4) is 0 Å². The minimum Gasteiger partial charge on any atom is -0.377 e. The number of carbonyl (C=O) groups excluding carboxylic acids is 1. The van der Waals surface area contributed by atoms with Gasteiger partial charge in [0.2, 0.25) is 5.91 Å². The molecule has 15 heavy (non-hydrogen) atoms. The number of amides is 1. The largest absolute Gasteiger partial charge is 0.377 e. The lowest BCUT2D eigenvalue weighted by Gasteiger charge is -2.15. The highest BCUT2D eigenvalue weighted by Crippen LogP contribution is 2.10. The van der Waals surface area contributed by atoms with E-state index in [1.54, 1.807) is 0 Å². The second-order valence-corrected chi connectivity index (χ2v) is 3.96. The molecule has 86 valence electrons. The smallest absolute Gasteiger partial charge is 0.218 e. The summed E-state index contributed by atoms with van der Waals surface area (Å²) in [6, 6.07) is 0.169. The Labute approximate surface area is 90.9 Å². The molecule has 0 aromatic heterocycles. The van der Waals surface area contributed by atoms with E-state index in [-0.39, 0.29) is 11.9 Å². The summed E-state index contributed by atoms with van der Waals surface area (Å²) < 4.78 is 5.22. The van der Waals surface area contributed by atoms with Crippen LogP contribution in [0.3, 0.4) is 0 Å². The molecule has 0 fully saturated rings. The number of primary amides is 1. The van der Waals surface area contributed by atoms with E-state index in [0.29, 0.717) is 6.42 Å². The Hall–Kier alpha value is -0.870. The number of ether oxygens (including phenoxy) is 1. The molecule has 0 saturated carbocycles. The fourth-order valence-electron chi connectivity index (χ4n) is 1.65. The first-order valence-corrected chi connectivity index (χ1v) is 5.46. The number of carbonyl (C=O) groups is 1. The number of rotatable bonds is 6. The van der Waals surface area contributed by atoms with E-state index in [4.69, 9.17) is 10.5 Å². The maximum atomic E-state index is 10.6. The molecule has 3 N–H and O–H groups in total. The van der Waals surface area contributed by atoms with Crippen molar-refractivity contribution in [1.82, 2.24) is 5.32 Å². The van der Waals surface area contributed by atoms with Crippen LogP contribution < -0.4 is 11.1 Å². The van der Waals surface area contributed by atoms with Gasteiger partial charge in [0, 0.05) is 12.5 Å². The van der Waals surface area contributed by atoms with Crippen LogP contribution >= 0.6 is 0 Å². The lowest BCUT2D eigenvalue weighted by molar-refractivity contribution is -0.118. The number of hydrogen-bond acceptors (Lipinski definition) is 3. The molecule has 0 spiro atoms. The molecule has 1 aliphatic rings. The van der Waals surface area contributed by atoms with Crippen LogP contribution in [0.4, 0.5) is 0 Å². The van der Waals surface area contributed by atoms with E-state index >= 15 is 0 Å². The van der Waals surface area contributed by atoms with Gasteiger partial charge in [-0.05, 0) is 26.3 Å². The summed E-state index contributed by atoms with van der Waals surface area (Å²) in [7, 11) is 0. The third-order valence-electron chi connectivity index (χ3n) is 2.50. The molecule has 1 unspecified atom stereocenters. The fraction of sp³-hybridized carbons (Fsp3) is 0.727. The van der Waals surface area contributed by atoms with Crippen molar-refractivity contribution in [2.45, 2.75) is 32.2 Å². The Kier molecular flexibility index (Phi) is 5.36. The predicted octanol–water partition coefficient (Wildman–Crippen LogP) is 0.577. The van der Waals surface area contributed by atoms with E-state index in [1.807, 2.05) is 6.92 Å². The average Bonchev–Trinajstić information content (AvgIpc) is 2.18. The van der Waals surface area contributed by atoms with Gasteiger partial charge in [-0.1, -0.05) is 11.6 Å². The van der Waals surface area contributed by atoms with Crippen LogP contribution in [0.2, 0.25) is 0 Å². The normalized spacial score (nSPS) is 18.3. The second kappa shape index (κ2) is 6.58. The van der Waals surface area contributed by atoms with Crippen LogP contribution in [0.25, 0.3) is 0 Å². The van der Waals surface area contributed by atoms with Crippen molar-refractivity contribution < 1.29 is 9.53 Å². The molecule has 1 aliphatic heterocycles. The van der Waals surface area contributed by atoms with Crippen LogP contribution in [-0.4, -0.2) is 31.7 Å². The van der Waals surface area contributed by atoms with Gasteiger partial charge in [-0.2, -0.15) is 0 Å². The van der Waals surface area contributed by atoms with Crippen molar-refractivity contribution in [2.75, 3.05) is 19.8 Å². The van der Waals surface area contributed by atoms with Gasteiger partial charge in [-0.15, -0.1) is 0 Å². The third kappa shape index (κ3) is 5.54. The van der Waals surface area contributed by atoms with Crippen LogP contribution in [0.15, 0.2) is 11.6 Å². The fourth-order valence-corrected chi connectivity index (χ4v) is 1.65. The molecular weight excluding hydrogens is 192 g/mol. The molecule has 1 heterocycles. The summed E-state index contributed by atoms with van der Waals surface area (Å²) in [5, 5.41) is 3.28. The lowest BCUT2D eigenvalue weighted by Crippen LogP contribution is -2.31. The van der Waals surface area contributed by atoms with Gasteiger partial charge in [0.25, 0.3) is 0 Å². The van der Waals surface area contributed by atoms with Crippen LogP contribution in [0, 0.1) is 0 Å². The third-order valence-corrected chi connectivity index (χ3v) is 2.50. The van der Waals surface area contributed by atoms with Crippen LogP contribution in [0.5, 0.6) is 0 Å². The van der Waals surface area contributed by atoms with Gasteiger partial charge in [0.05, 0.1) is 13.2 Å². The van der Waals surface area contributed by atoms with Crippen molar-refractivity contribution in [3.63, 3.8) is 0 Å². The van der Waals surface area contributed by atoms with Gasteiger partial charge < -0.3 is 15.8 Å². The maximum Gasteiger partial charge on any atom is 0.218 e. The van der Waals surface area contributed by atoms with Crippen molar-refractivity contribution in [2.24, 2.45) is 5.73 Å². The topological polar surface area (TPSA) is 64.4 Å². The molecule has 0 aliphatic carbocycles. The van der Waals surface area contributed by atoms with Crippen molar-refractivity contribution >= 4 is 5.91 Å². The number of nitrogens with two attached hydrogens (primary N) is 1. The minimum atomic E-state index is -0.250. The first-order valence-electron chi connectivity index (χ1n) is 5.46. The molecule has 0 aromatic carbocycles. The second-order valence-electron chi connectivity index (χ2n) is 3.96. The maximum absolute atomic E-state index is 10.6. The summed E-state index contributed by atoms with van der Waals surface area (Å²) in [5.74, 6) is -0.250. The predicted molar refractivity (Wildman–Crippen MR) is 59.4 cm³/mol. The van der Waals surface area contributed by atoms with Gasteiger partial charge in [-0.3, -0.25) is 4.79 Å². The van der Waals surface area contributed by atoms with Crippen molar-refractivity contribution in [1.29, 1.82) is 0 Å². The monoisotopic (exact) mass is 212 g/mol. The Bertz CT molecular complexity index is 239. The summed E-state index contributed by atoms with van der Waals surface area (Å²) >= 11 is 0. The molecule has 0 aromatic rings. The van der Waals surface area contributed by atoms with E-state index in [9.17, 15) is 4.79 Å². The highest BCUT2D eigenvalue weighted by Gasteiger charge is 2.06. The van der Waals surface area contributed by atoms with E-state index < -0.39 is 0 Å². The van der Waals surface area contributed by atoms with Crippen LogP contribution in [0.1, 0.15) is 26.2 Å². The zero-order chi connectivity index (χ0) is 11.1. The zero-order valence-corrected chi connectivity index (χ0v) is 9.29. The Balaban J connectivity index is 2.09. The SMILES string of the molecule is CC(CC(N)=O)NCCC1=CCOCC1. The molecule has 1 rings (SSSR count). The van der Waals surface area contributed by atoms with Crippen molar-refractivity contribution in [3.05, 3.63) is 11.6 Å². The molecule has 0 radical (unpaired) electrons. The van der Waals surface area contributed by atoms with E-state index in [0.717, 1.165) is 32.6 Å². The highest BCUT2D eigenvalue weighted by molar-refractivity contribution is 5.74. The molecule has 1 amide bonds. The van der Waals surface area contributed by atoms with E-state index in [1.165, 1.54) is 5.57 Å². The number of nitrogens with one attached hydrogen (secondary N) is 1. The average molecular weight is 212 g/mol. The molecule has 0 saturated heterocycles. The van der Waals surface area contributed by atoms with Gasteiger partial charge in [0.1, 0.15) is 0 Å².